The lowest BCUT2D eigenvalue weighted by molar-refractivity contribution is -0.131. The van der Waals surface area contributed by atoms with Gasteiger partial charge in [0.1, 0.15) is 0 Å². The van der Waals surface area contributed by atoms with Crippen LogP contribution in [0.3, 0.4) is 0 Å². The predicted octanol–water partition coefficient (Wildman–Crippen LogP) is 7.19. The zero-order valence-corrected chi connectivity index (χ0v) is 27.4. The number of pyridine rings is 1. The molecule has 1 atom stereocenters. The number of rotatable bonds is 19. The summed E-state index contributed by atoms with van der Waals surface area (Å²) in [4.78, 5) is 26.2. The van der Waals surface area contributed by atoms with Crippen molar-refractivity contribution in [1.82, 2.24) is 20.4 Å². The second kappa shape index (κ2) is 16.3. The van der Waals surface area contributed by atoms with Gasteiger partial charge in [-0.1, -0.05) is 57.0 Å². The van der Waals surface area contributed by atoms with Crippen molar-refractivity contribution in [1.29, 1.82) is 0 Å². The predicted molar refractivity (Wildman–Crippen MR) is 181 cm³/mol. The number of methoxy groups -OCH3 is 1. The minimum absolute atomic E-state index is 0.168. The standard InChI is InChI=1S/C37H48N4O4/c1-6-41-34-18-17-30(29-15-11-14-28(21-29)13-9-7-8-10-20-39-40-25-42)22-32(34)33(23-37(3,4)24-45-26-43)36(41)31-16-12-19-38-35(31)27(2)44-5/h11-12,14-19,21-22,25-27,39H,6-10,13,20,23-24H2,1-5H3,(H,40,42). The molecule has 0 aliphatic heterocycles. The van der Waals surface area contributed by atoms with Crippen LogP contribution in [0, 0.1) is 5.41 Å². The first-order valence-corrected chi connectivity index (χ1v) is 16.0. The average molecular weight is 613 g/mol. The van der Waals surface area contributed by atoms with Crippen molar-refractivity contribution in [3.05, 3.63) is 77.6 Å². The topological polar surface area (TPSA) is 94.5 Å². The first-order chi connectivity index (χ1) is 21.8. The van der Waals surface area contributed by atoms with Gasteiger partial charge in [0.2, 0.25) is 6.41 Å². The highest BCUT2D eigenvalue weighted by atomic mass is 16.5. The van der Waals surface area contributed by atoms with E-state index in [-0.39, 0.29) is 11.5 Å². The normalized spacial score (nSPS) is 12.3. The maximum atomic E-state index is 11.1. The molecule has 8 heteroatoms. The number of amides is 1. The highest BCUT2D eigenvalue weighted by Gasteiger charge is 2.28. The van der Waals surface area contributed by atoms with E-state index in [9.17, 15) is 9.59 Å². The summed E-state index contributed by atoms with van der Waals surface area (Å²) >= 11 is 0. The largest absolute Gasteiger partial charge is 0.467 e. The first-order valence-electron chi connectivity index (χ1n) is 16.0. The Balaban J connectivity index is 1.72. The number of carbonyl (C=O) groups excluding carboxylic acids is 2. The second-order valence-electron chi connectivity index (χ2n) is 12.4. The van der Waals surface area contributed by atoms with Gasteiger partial charge in [-0.05, 0) is 86.1 Å². The number of hydrogen-bond acceptors (Lipinski definition) is 6. The monoisotopic (exact) mass is 612 g/mol. The molecule has 0 spiro atoms. The number of benzene rings is 2. The Morgan fingerprint density at radius 1 is 1.00 bits per heavy atom. The van der Waals surface area contributed by atoms with E-state index in [1.165, 1.54) is 33.2 Å². The summed E-state index contributed by atoms with van der Waals surface area (Å²) in [5.74, 6) is 0. The number of hydrazine groups is 1. The molecule has 4 aromatic rings. The van der Waals surface area contributed by atoms with E-state index < -0.39 is 0 Å². The fourth-order valence-electron chi connectivity index (χ4n) is 6.18. The van der Waals surface area contributed by atoms with Crippen LogP contribution in [-0.2, 0) is 38.4 Å². The molecule has 240 valence electrons. The summed E-state index contributed by atoms with van der Waals surface area (Å²) in [7, 11) is 1.72. The minimum atomic E-state index is -0.283. The van der Waals surface area contributed by atoms with Crippen LogP contribution in [0.15, 0.2) is 60.8 Å². The molecule has 45 heavy (non-hydrogen) atoms. The number of aromatic nitrogens is 2. The summed E-state index contributed by atoms with van der Waals surface area (Å²) in [6.45, 7) is 10.9. The lowest BCUT2D eigenvalue weighted by Gasteiger charge is -2.25. The van der Waals surface area contributed by atoms with Crippen LogP contribution in [0.5, 0.6) is 0 Å². The molecule has 0 saturated carbocycles. The summed E-state index contributed by atoms with van der Waals surface area (Å²) in [5.41, 5.74) is 14.3. The highest BCUT2D eigenvalue weighted by Crippen LogP contribution is 2.41. The van der Waals surface area contributed by atoms with E-state index in [0.717, 1.165) is 68.6 Å². The Kier molecular flexibility index (Phi) is 12.3. The molecule has 0 aliphatic carbocycles. The van der Waals surface area contributed by atoms with E-state index in [0.29, 0.717) is 19.5 Å². The molecule has 0 aliphatic rings. The molecule has 8 nitrogen and oxygen atoms in total. The van der Waals surface area contributed by atoms with Crippen LogP contribution < -0.4 is 10.9 Å². The van der Waals surface area contributed by atoms with Gasteiger partial charge in [0.15, 0.2) is 0 Å². The van der Waals surface area contributed by atoms with Crippen LogP contribution >= 0.6 is 0 Å². The first kappa shape index (κ1) is 33.9. The van der Waals surface area contributed by atoms with Crippen LogP contribution in [-0.4, -0.2) is 42.7 Å². The van der Waals surface area contributed by atoms with Gasteiger partial charge in [-0.3, -0.25) is 20.0 Å². The third-order valence-electron chi connectivity index (χ3n) is 8.45. The zero-order chi connectivity index (χ0) is 32.2. The van der Waals surface area contributed by atoms with Crippen molar-refractivity contribution >= 4 is 23.8 Å². The average Bonchev–Trinajstić information content (AvgIpc) is 3.36. The number of nitrogens with zero attached hydrogens (tertiary/aromatic N) is 2. The molecule has 0 bridgehead atoms. The Bertz CT molecular complexity index is 1560. The van der Waals surface area contributed by atoms with E-state index in [4.69, 9.17) is 14.5 Å². The van der Waals surface area contributed by atoms with E-state index in [2.05, 4.69) is 84.7 Å². The van der Waals surface area contributed by atoms with Crippen molar-refractivity contribution in [2.75, 3.05) is 20.3 Å². The molecule has 1 amide bonds. The fraction of sp³-hybridized carbons (Fsp3) is 0.432. The summed E-state index contributed by atoms with van der Waals surface area (Å²) in [6.07, 6.45) is 8.51. The lowest BCUT2D eigenvalue weighted by atomic mass is 9.84. The summed E-state index contributed by atoms with van der Waals surface area (Å²) < 4.78 is 13.4. The van der Waals surface area contributed by atoms with Crippen molar-refractivity contribution in [2.24, 2.45) is 5.41 Å². The quantitative estimate of drug-likeness (QED) is 0.0661. The van der Waals surface area contributed by atoms with Gasteiger partial charge in [-0.2, -0.15) is 0 Å². The lowest BCUT2D eigenvalue weighted by Crippen LogP contribution is -2.30. The number of carbonyl (C=O) groups is 2. The Morgan fingerprint density at radius 2 is 1.80 bits per heavy atom. The van der Waals surface area contributed by atoms with E-state index >= 15 is 0 Å². The maximum absolute atomic E-state index is 11.1. The van der Waals surface area contributed by atoms with Crippen molar-refractivity contribution in [2.45, 2.75) is 78.9 Å². The third-order valence-corrected chi connectivity index (χ3v) is 8.45. The smallest absolute Gasteiger partial charge is 0.293 e. The molecule has 1 unspecified atom stereocenters. The third kappa shape index (κ3) is 8.59. The Labute approximate surface area is 267 Å². The van der Waals surface area contributed by atoms with E-state index in [1.807, 2.05) is 19.2 Å². The molecular weight excluding hydrogens is 564 g/mol. The molecule has 2 aromatic heterocycles. The second-order valence-corrected chi connectivity index (χ2v) is 12.4. The van der Waals surface area contributed by atoms with Gasteiger partial charge in [0.05, 0.1) is 24.1 Å². The summed E-state index contributed by atoms with van der Waals surface area (Å²) in [6, 6.07) is 19.8. The molecule has 2 heterocycles. The minimum Gasteiger partial charge on any atom is -0.467 e. The van der Waals surface area contributed by atoms with Crippen LogP contribution in [0.4, 0.5) is 0 Å². The van der Waals surface area contributed by atoms with Crippen LogP contribution in [0.25, 0.3) is 33.3 Å². The number of unbranched alkanes of at least 4 members (excludes halogenated alkanes) is 3. The molecule has 0 radical (unpaired) electrons. The molecule has 0 saturated heterocycles. The van der Waals surface area contributed by atoms with Gasteiger partial charge in [0.25, 0.3) is 6.47 Å². The van der Waals surface area contributed by atoms with E-state index in [1.54, 1.807) is 7.11 Å². The van der Waals surface area contributed by atoms with Crippen molar-refractivity contribution in [3.63, 3.8) is 0 Å². The molecule has 4 rings (SSSR count). The Morgan fingerprint density at radius 3 is 2.56 bits per heavy atom. The van der Waals surface area contributed by atoms with Crippen LogP contribution in [0.2, 0.25) is 0 Å². The number of ether oxygens (including phenoxy) is 2. The SMILES string of the molecule is CCn1c(-c2cccnc2C(C)OC)c(CC(C)(C)COC=O)c2cc(-c3cccc(CCCCCCNNC=O)c3)ccc21. The van der Waals surface area contributed by atoms with Crippen molar-refractivity contribution in [3.8, 4) is 22.4 Å². The highest BCUT2D eigenvalue weighted by molar-refractivity contribution is 5.95. The zero-order valence-electron chi connectivity index (χ0n) is 27.4. The van der Waals surface area contributed by atoms with Gasteiger partial charge in [0, 0.05) is 48.3 Å². The molecule has 0 fully saturated rings. The van der Waals surface area contributed by atoms with Gasteiger partial charge in [-0.15, -0.1) is 0 Å². The van der Waals surface area contributed by atoms with Crippen LogP contribution in [0.1, 0.15) is 76.3 Å². The van der Waals surface area contributed by atoms with Gasteiger partial charge >= 0.3 is 0 Å². The number of fused-ring (bicyclic) bond motifs is 1. The molecule has 2 aromatic carbocycles. The van der Waals surface area contributed by atoms with Gasteiger partial charge < -0.3 is 14.0 Å². The summed E-state index contributed by atoms with van der Waals surface area (Å²) in [5, 5.41) is 1.20. The number of hydrogen-bond donors (Lipinski definition) is 2. The van der Waals surface area contributed by atoms with Crippen molar-refractivity contribution < 1.29 is 19.1 Å². The number of nitrogens with one attached hydrogen (secondary N) is 2. The molecular formula is C37H48N4O4. The molecule has 2 N–H and O–H groups in total. The Hall–Kier alpha value is -4.01. The number of aryl methyl sites for hydroxylation is 2. The maximum Gasteiger partial charge on any atom is 0.293 e. The van der Waals surface area contributed by atoms with Gasteiger partial charge in [-0.25, -0.2) is 5.43 Å². The fourth-order valence-corrected chi connectivity index (χ4v) is 6.18.